The van der Waals surface area contributed by atoms with E-state index in [1.165, 1.54) is 12.4 Å². The average molecular weight is 212 g/mol. The van der Waals surface area contributed by atoms with Crippen molar-refractivity contribution in [3.63, 3.8) is 0 Å². The van der Waals surface area contributed by atoms with E-state index in [9.17, 15) is 10.2 Å². The summed E-state index contributed by atoms with van der Waals surface area (Å²) in [5, 5.41) is 21.9. The fourth-order valence-electron chi connectivity index (χ4n) is 1.17. The van der Waals surface area contributed by atoms with Crippen LogP contribution in [0.5, 0.6) is 0 Å². The second-order valence-corrected chi connectivity index (χ2v) is 3.18. The van der Waals surface area contributed by atoms with Gasteiger partial charge in [-0.3, -0.25) is 0 Å². The summed E-state index contributed by atoms with van der Waals surface area (Å²) in [5.41, 5.74) is 5.76. The van der Waals surface area contributed by atoms with E-state index in [4.69, 9.17) is 5.73 Å². The van der Waals surface area contributed by atoms with Crippen LogP contribution in [0.4, 0.5) is 5.95 Å². The van der Waals surface area contributed by atoms with Crippen molar-refractivity contribution in [2.24, 2.45) is 5.73 Å². The maximum Gasteiger partial charge on any atom is 0.222 e. The summed E-state index contributed by atoms with van der Waals surface area (Å²) in [4.78, 5) is 7.87. The van der Waals surface area contributed by atoms with Crippen LogP contribution in [0.15, 0.2) is 12.4 Å². The molecule has 0 aliphatic heterocycles. The Bertz CT molecular complexity index is 291. The zero-order valence-corrected chi connectivity index (χ0v) is 8.59. The number of hydrogen-bond acceptors (Lipinski definition) is 6. The van der Waals surface area contributed by atoms with Crippen LogP contribution in [0.3, 0.4) is 0 Å². The molecule has 0 aromatic carbocycles. The molecular formula is C9H16N4O2. The molecule has 15 heavy (non-hydrogen) atoms. The summed E-state index contributed by atoms with van der Waals surface area (Å²) in [5.74, 6) is 0.472. The number of aliphatic hydroxyl groups excluding tert-OH is 2. The summed E-state index contributed by atoms with van der Waals surface area (Å²) in [7, 11) is 1.70. The molecule has 6 heteroatoms. The Labute approximate surface area is 88.2 Å². The number of aromatic nitrogens is 2. The minimum absolute atomic E-state index is 0.327. The monoisotopic (exact) mass is 212 g/mol. The van der Waals surface area contributed by atoms with Gasteiger partial charge in [0.2, 0.25) is 5.95 Å². The van der Waals surface area contributed by atoms with Crippen molar-refractivity contribution in [1.82, 2.24) is 9.97 Å². The molecule has 0 fully saturated rings. The highest BCUT2D eigenvalue weighted by Gasteiger charge is 2.18. The van der Waals surface area contributed by atoms with Crippen LogP contribution in [0.25, 0.3) is 0 Å². The second-order valence-electron chi connectivity index (χ2n) is 3.18. The fraction of sp³-hybridized carbons (Fsp3) is 0.556. The maximum atomic E-state index is 9.68. The Balaban J connectivity index is 2.69. The summed E-state index contributed by atoms with van der Waals surface area (Å²) in [6.07, 6.45) is 1.43. The quantitative estimate of drug-likeness (QED) is 0.512. The van der Waals surface area contributed by atoms with Gasteiger partial charge in [0.25, 0.3) is 0 Å². The van der Waals surface area contributed by atoms with Gasteiger partial charge in [0.05, 0.1) is 6.10 Å². The lowest BCUT2D eigenvalue weighted by Crippen LogP contribution is -2.22. The van der Waals surface area contributed by atoms with Crippen LogP contribution >= 0.6 is 0 Å². The standard InChI is InChI=1S/C9H16N4O2/c1-11-9-12-4-6(5-13-9)8(15)7(14)2-3-10/h4-5,7-8,14-15H,2-3,10H2,1H3,(H,11,12,13). The van der Waals surface area contributed by atoms with E-state index in [2.05, 4.69) is 15.3 Å². The summed E-state index contributed by atoms with van der Waals surface area (Å²) < 4.78 is 0. The first kappa shape index (κ1) is 11.8. The zero-order valence-electron chi connectivity index (χ0n) is 8.59. The molecule has 6 nitrogen and oxygen atoms in total. The SMILES string of the molecule is CNc1ncc(C(O)C(O)CCN)cn1. The molecule has 0 bridgehead atoms. The number of nitrogens with zero attached hydrogens (tertiary/aromatic N) is 2. The molecule has 0 saturated heterocycles. The molecular weight excluding hydrogens is 196 g/mol. The lowest BCUT2D eigenvalue weighted by atomic mass is 10.1. The molecule has 0 aliphatic rings. The van der Waals surface area contributed by atoms with Crippen LogP contribution in [-0.2, 0) is 0 Å². The van der Waals surface area contributed by atoms with E-state index < -0.39 is 12.2 Å². The molecule has 2 atom stereocenters. The lowest BCUT2D eigenvalue weighted by Gasteiger charge is -2.16. The van der Waals surface area contributed by atoms with Crippen LogP contribution in [-0.4, -0.2) is 39.9 Å². The number of anilines is 1. The molecule has 0 spiro atoms. The summed E-state index contributed by atoms with van der Waals surface area (Å²) in [6.45, 7) is 0.327. The molecule has 0 aliphatic carbocycles. The van der Waals surface area contributed by atoms with Crippen LogP contribution in [0.1, 0.15) is 18.1 Å². The van der Waals surface area contributed by atoms with Crippen molar-refractivity contribution in [3.8, 4) is 0 Å². The largest absolute Gasteiger partial charge is 0.390 e. The molecule has 5 N–H and O–H groups in total. The Kier molecular flexibility index (Phi) is 4.41. The van der Waals surface area contributed by atoms with E-state index in [-0.39, 0.29) is 0 Å². The van der Waals surface area contributed by atoms with Gasteiger partial charge in [-0.25, -0.2) is 9.97 Å². The van der Waals surface area contributed by atoms with Gasteiger partial charge in [0.1, 0.15) is 6.10 Å². The zero-order chi connectivity index (χ0) is 11.3. The van der Waals surface area contributed by atoms with Gasteiger partial charge in [-0.2, -0.15) is 0 Å². The van der Waals surface area contributed by atoms with E-state index in [0.717, 1.165) is 0 Å². The first-order valence-electron chi connectivity index (χ1n) is 4.75. The molecule has 1 aromatic heterocycles. The third-order valence-corrected chi connectivity index (χ3v) is 2.06. The second kappa shape index (κ2) is 5.59. The minimum Gasteiger partial charge on any atom is -0.390 e. The first-order chi connectivity index (χ1) is 7.19. The molecule has 1 aromatic rings. The smallest absolute Gasteiger partial charge is 0.222 e. The Morgan fingerprint density at radius 1 is 1.40 bits per heavy atom. The third-order valence-electron chi connectivity index (χ3n) is 2.06. The predicted molar refractivity (Wildman–Crippen MR) is 56.2 cm³/mol. The Hall–Kier alpha value is -1.24. The van der Waals surface area contributed by atoms with Gasteiger partial charge in [-0.1, -0.05) is 0 Å². The Morgan fingerprint density at radius 2 is 2.00 bits per heavy atom. The molecule has 0 radical (unpaired) electrons. The van der Waals surface area contributed by atoms with Crippen molar-refractivity contribution in [2.45, 2.75) is 18.6 Å². The van der Waals surface area contributed by atoms with E-state index >= 15 is 0 Å². The van der Waals surface area contributed by atoms with E-state index in [1.807, 2.05) is 0 Å². The van der Waals surface area contributed by atoms with Gasteiger partial charge in [0, 0.05) is 25.0 Å². The topological polar surface area (TPSA) is 104 Å². The average Bonchev–Trinajstić information content (AvgIpc) is 2.28. The minimum atomic E-state index is -0.987. The predicted octanol–water partition coefficient (Wildman–Crippen LogP) is -0.739. The Morgan fingerprint density at radius 3 is 2.47 bits per heavy atom. The van der Waals surface area contributed by atoms with Crippen molar-refractivity contribution in [1.29, 1.82) is 0 Å². The van der Waals surface area contributed by atoms with Gasteiger partial charge >= 0.3 is 0 Å². The van der Waals surface area contributed by atoms with Crippen molar-refractivity contribution >= 4 is 5.95 Å². The highest BCUT2D eigenvalue weighted by molar-refractivity contribution is 5.24. The lowest BCUT2D eigenvalue weighted by molar-refractivity contribution is 0.0146. The molecule has 1 rings (SSSR count). The third kappa shape index (κ3) is 3.12. The van der Waals surface area contributed by atoms with Crippen LogP contribution < -0.4 is 11.1 Å². The number of rotatable bonds is 5. The number of nitrogens with two attached hydrogens (primary N) is 1. The van der Waals surface area contributed by atoms with E-state index in [1.54, 1.807) is 7.05 Å². The highest BCUT2D eigenvalue weighted by Crippen LogP contribution is 2.17. The summed E-state index contributed by atoms with van der Waals surface area (Å²) >= 11 is 0. The van der Waals surface area contributed by atoms with Gasteiger partial charge in [0.15, 0.2) is 0 Å². The van der Waals surface area contributed by atoms with Gasteiger partial charge in [-0.15, -0.1) is 0 Å². The van der Waals surface area contributed by atoms with Crippen LogP contribution in [0, 0.1) is 0 Å². The van der Waals surface area contributed by atoms with Gasteiger partial charge < -0.3 is 21.3 Å². The van der Waals surface area contributed by atoms with Gasteiger partial charge in [-0.05, 0) is 13.0 Å². The van der Waals surface area contributed by atoms with Crippen molar-refractivity contribution in [3.05, 3.63) is 18.0 Å². The number of hydrogen-bond donors (Lipinski definition) is 4. The summed E-state index contributed by atoms with van der Waals surface area (Å²) in [6, 6.07) is 0. The number of nitrogens with one attached hydrogen (secondary N) is 1. The first-order valence-corrected chi connectivity index (χ1v) is 4.75. The van der Waals surface area contributed by atoms with Crippen LogP contribution in [0.2, 0.25) is 0 Å². The molecule has 0 saturated carbocycles. The molecule has 84 valence electrons. The van der Waals surface area contributed by atoms with Crippen molar-refractivity contribution < 1.29 is 10.2 Å². The molecule has 0 amide bonds. The molecule has 1 heterocycles. The normalized spacial score (nSPS) is 14.7. The fourth-order valence-corrected chi connectivity index (χ4v) is 1.17. The van der Waals surface area contributed by atoms with E-state index in [0.29, 0.717) is 24.5 Å². The van der Waals surface area contributed by atoms with Crippen molar-refractivity contribution in [2.75, 3.05) is 18.9 Å². The molecule has 2 unspecified atom stereocenters. The maximum absolute atomic E-state index is 9.68. The number of aliphatic hydroxyl groups is 2. The highest BCUT2D eigenvalue weighted by atomic mass is 16.3.